The summed E-state index contributed by atoms with van der Waals surface area (Å²) in [6.45, 7) is 2.09. The summed E-state index contributed by atoms with van der Waals surface area (Å²) in [5, 5.41) is 3.00. The van der Waals surface area contributed by atoms with Crippen molar-refractivity contribution in [1.82, 2.24) is 5.32 Å². The van der Waals surface area contributed by atoms with Gasteiger partial charge in [0.25, 0.3) is 0 Å². The largest absolute Gasteiger partial charge is 0.394 e. The molecule has 0 heterocycles. The minimum atomic E-state index is 1.26. The zero-order chi connectivity index (χ0) is 8.10. The summed E-state index contributed by atoms with van der Waals surface area (Å²) in [7, 11) is 1.91. The lowest BCUT2D eigenvalue weighted by Gasteiger charge is -1.99. The van der Waals surface area contributed by atoms with Crippen LogP contribution in [-0.4, -0.2) is 7.05 Å². The van der Waals surface area contributed by atoms with Gasteiger partial charge in [-0.15, -0.1) is 0 Å². The van der Waals surface area contributed by atoms with E-state index in [0.29, 0.717) is 0 Å². The van der Waals surface area contributed by atoms with Crippen molar-refractivity contribution in [1.29, 1.82) is 0 Å². The lowest BCUT2D eigenvalue weighted by atomic mass is 10.1. The SMILES string of the molecule is CN/C=C(\C)c1ccccc1. The van der Waals surface area contributed by atoms with Crippen molar-refractivity contribution >= 4 is 5.57 Å². The molecule has 0 amide bonds. The lowest BCUT2D eigenvalue weighted by molar-refractivity contribution is 1.10. The maximum atomic E-state index is 3.00. The molecular formula is C10H13N. The highest BCUT2D eigenvalue weighted by Gasteiger charge is 1.90. The van der Waals surface area contributed by atoms with E-state index in [1.165, 1.54) is 11.1 Å². The van der Waals surface area contributed by atoms with E-state index >= 15 is 0 Å². The van der Waals surface area contributed by atoms with Gasteiger partial charge in [0.1, 0.15) is 0 Å². The van der Waals surface area contributed by atoms with Gasteiger partial charge < -0.3 is 5.32 Å². The molecule has 0 fully saturated rings. The molecular weight excluding hydrogens is 134 g/mol. The van der Waals surface area contributed by atoms with Gasteiger partial charge >= 0.3 is 0 Å². The highest BCUT2D eigenvalue weighted by Crippen LogP contribution is 2.10. The first-order valence-corrected chi connectivity index (χ1v) is 3.74. The van der Waals surface area contributed by atoms with Crippen molar-refractivity contribution < 1.29 is 0 Å². The maximum Gasteiger partial charge on any atom is 0.00278 e. The van der Waals surface area contributed by atoms with Crippen LogP contribution in [0.5, 0.6) is 0 Å². The molecule has 0 aliphatic rings. The molecule has 1 nitrogen and oxygen atoms in total. The Kier molecular flexibility index (Phi) is 2.73. The van der Waals surface area contributed by atoms with E-state index in [1.807, 2.05) is 31.4 Å². The second kappa shape index (κ2) is 3.81. The van der Waals surface area contributed by atoms with Crippen molar-refractivity contribution in [3.8, 4) is 0 Å². The van der Waals surface area contributed by atoms with Gasteiger partial charge in [-0.05, 0) is 24.3 Å². The molecule has 0 unspecified atom stereocenters. The van der Waals surface area contributed by atoms with Gasteiger partial charge in [-0.25, -0.2) is 0 Å². The molecule has 0 spiro atoms. The quantitative estimate of drug-likeness (QED) is 0.676. The molecule has 1 heteroatoms. The van der Waals surface area contributed by atoms with E-state index in [0.717, 1.165) is 0 Å². The zero-order valence-corrected chi connectivity index (χ0v) is 6.96. The van der Waals surface area contributed by atoms with E-state index in [2.05, 4.69) is 24.4 Å². The molecule has 0 aliphatic carbocycles. The Labute approximate surface area is 67.8 Å². The Morgan fingerprint density at radius 3 is 2.45 bits per heavy atom. The van der Waals surface area contributed by atoms with Gasteiger partial charge in [-0.3, -0.25) is 0 Å². The van der Waals surface area contributed by atoms with Crippen molar-refractivity contribution in [3.05, 3.63) is 42.1 Å². The summed E-state index contributed by atoms with van der Waals surface area (Å²) >= 11 is 0. The van der Waals surface area contributed by atoms with Crippen molar-refractivity contribution in [2.24, 2.45) is 0 Å². The van der Waals surface area contributed by atoms with Crippen LogP contribution in [0.3, 0.4) is 0 Å². The van der Waals surface area contributed by atoms with Crippen LogP contribution in [0.4, 0.5) is 0 Å². The summed E-state index contributed by atoms with van der Waals surface area (Å²) in [6.07, 6.45) is 2.00. The number of nitrogens with one attached hydrogen (secondary N) is 1. The molecule has 1 rings (SSSR count). The van der Waals surface area contributed by atoms with Gasteiger partial charge in [0.05, 0.1) is 0 Å². The van der Waals surface area contributed by atoms with E-state index in [9.17, 15) is 0 Å². The van der Waals surface area contributed by atoms with E-state index in [-0.39, 0.29) is 0 Å². The van der Waals surface area contributed by atoms with Gasteiger partial charge in [-0.1, -0.05) is 30.3 Å². The summed E-state index contributed by atoms with van der Waals surface area (Å²) in [4.78, 5) is 0. The Morgan fingerprint density at radius 2 is 1.91 bits per heavy atom. The van der Waals surface area contributed by atoms with E-state index in [4.69, 9.17) is 0 Å². The molecule has 1 N–H and O–H groups in total. The predicted molar refractivity (Wildman–Crippen MR) is 49.2 cm³/mol. The fourth-order valence-electron chi connectivity index (χ4n) is 1.00. The third-order valence-corrected chi connectivity index (χ3v) is 1.59. The number of benzene rings is 1. The monoisotopic (exact) mass is 147 g/mol. The third kappa shape index (κ3) is 2.11. The summed E-state index contributed by atoms with van der Waals surface area (Å²) in [5.41, 5.74) is 2.52. The Bertz CT molecular complexity index is 236. The Hall–Kier alpha value is -1.24. The maximum absolute atomic E-state index is 3.00. The molecule has 1 aromatic carbocycles. The first-order valence-electron chi connectivity index (χ1n) is 3.74. The van der Waals surface area contributed by atoms with Crippen LogP contribution >= 0.6 is 0 Å². The minimum Gasteiger partial charge on any atom is -0.394 e. The number of hydrogen-bond acceptors (Lipinski definition) is 1. The molecule has 0 radical (unpaired) electrons. The number of rotatable bonds is 2. The second-order valence-corrected chi connectivity index (χ2v) is 2.48. The van der Waals surface area contributed by atoms with Crippen LogP contribution in [0.15, 0.2) is 36.5 Å². The molecule has 58 valence electrons. The topological polar surface area (TPSA) is 12.0 Å². The van der Waals surface area contributed by atoms with Gasteiger partial charge in [0.2, 0.25) is 0 Å². The average molecular weight is 147 g/mol. The molecule has 0 saturated heterocycles. The molecule has 11 heavy (non-hydrogen) atoms. The third-order valence-electron chi connectivity index (χ3n) is 1.59. The fraction of sp³-hybridized carbons (Fsp3) is 0.200. The van der Waals surface area contributed by atoms with Crippen LogP contribution in [0.2, 0.25) is 0 Å². The van der Waals surface area contributed by atoms with Crippen LogP contribution in [0, 0.1) is 0 Å². The number of hydrogen-bond donors (Lipinski definition) is 1. The van der Waals surface area contributed by atoms with Crippen LogP contribution < -0.4 is 5.32 Å². The molecule has 0 atom stereocenters. The first kappa shape index (κ1) is 7.86. The average Bonchev–Trinajstić information content (AvgIpc) is 2.07. The predicted octanol–water partition coefficient (Wildman–Crippen LogP) is 2.27. The highest BCUT2D eigenvalue weighted by molar-refractivity contribution is 5.62. The smallest absolute Gasteiger partial charge is 0.00278 e. The van der Waals surface area contributed by atoms with Gasteiger partial charge in [-0.2, -0.15) is 0 Å². The highest BCUT2D eigenvalue weighted by atomic mass is 14.8. The van der Waals surface area contributed by atoms with Gasteiger partial charge in [0, 0.05) is 7.05 Å². The number of allylic oxidation sites excluding steroid dienone is 1. The van der Waals surface area contributed by atoms with Crippen LogP contribution in [0.25, 0.3) is 5.57 Å². The molecule has 1 aromatic rings. The fourth-order valence-corrected chi connectivity index (χ4v) is 1.00. The van der Waals surface area contributed by atoms with Crippen LogP contribution in [-0.2, 0) is 0 Å². The van der Waals surface area contributed by atoms with Crippen molar-refractivity contribution in [2.45, 2.75) is 6.92 Å². The zero-order valence-electron chi connectivity index (χ0n) is 6.96. The first-order chi connectivity index (χ1) is 5.34. The van der Waals surface area contributed by atoms with Crippen LogP contribution in [0.1, 0.15) is 12.5 Å². The summed E-state index contributed by atoms with van der Waals surface area (Å²) in [6, 6.07) is 10.3. The summed E-state index contributed by atoms with van der Waals surface area (Å²) in [5.74, 6) is 0. The van der Waals surface area contributed by atoms with Gasteiger partial charge in [0.15, 0.2) is 0 Å². The normalized spacial score (nSPS) is 11.3. The van der Waals surface area contributed by atoms with E-state index < -0.39 is 0 Å². The second-order valence-electron chi connectivity index (χ2n) is 2.48. The molecule has 0 bridgehead atoms. The standard InChI is InChI=1S/C10H13N/c1-9(8-11-2)10-6-4-3-5-7-10/h3-8,11H,1-2H3/b9-8+. The van der Waals surface area contributed by atoms with Crippen molar-refractivity contribution in [2.75, 3.05) is 7.05 Å². The molecule has 0 aromatic heterocycles. The summed E-state index contributed by atoms with van der Waals surface area (Å²) < 4.78 is 0. The minimum absolute atomic E-state index is 1.26. The van der Waals surface area contributed by atoms with E-state index in [1.54, 1.807) is 0 Å². The molecule has 0 aliphatic heterocycles. The van der Waals surface area contributed by atoms with Crippen molar-refractivity contribution in [3.63, 3.8) is 0 Å². The molecule has 0 saturated carbocycles. The lowest BCUT2D eigenvalue weighted by Crippen LogP contribution is -1.93. The Morgan fingerprint density at radius 1 is 1.27 bits per heavy atom. The Balaban J connectivity index is 2.85.